The number of carbonyl (C=O) groups excluding carboxylic acids is 1. The molecule has 0 aromatic rings. The molecule has 0 radical (unpaired) electrons. The molecule has 3 nitrogen and oxygen atoms in total. The highest BCUT2D eigenvalue weighted by Crippen LogP contribution is 2.33. The minimum Gasteiger partial charge on any atom is -0.326 e. The monoisotopic (exact) mass is 238 g/mol. The summed E-state index contributed by atoms with van der Waals surface area (Å²) < 4.78 is 0. The Morgan fingerprint density at radius 3 is 2.65 bits per heavy atom. The van der Waals surface area contributed by atoms with Crippen LogP contribution in [-0.2, 0) is 4.79 Å². The van der Waals surface area contributed by atoms with Crippen LogP contribution in [0.4, 0.5) is 0 Å². The van der Waals surface area contributed by atoms with E-state index in [0.717, 1.165) is 18.9 Å². The van der Waals surface area contributed by atoms with Crippen molar-refractivity contribution in [3.8, 4) is 0 Å². The highest BCUT2D eigenvalue weighted by molar-refractivity contribution is 5.84. The van der Waals surface area contributed by atoms with E-state index in [9.17, 15) is 4.79 Å². The van der Waals surface area contributed by atoms with Crippen LogP contribution in [0.5, 0.6) is 0 Å². The van der Waals surface area contributed by atoms with Gasteiger partial charge in [-0.1, -0.05) is 33.6 Å². The van der Waals surface area contributed by atoms with Crippen molar-refractivity contribution in [3.63, 3.8) is 0 Å². The zero-order chi connectivity index (χ0) is 12.4. The van der Waals surface area contributed by atoms with E-state index in [1.54, 1.807) is 0 Å². The summed E-state index contributed by atoms with van der Waals surface area (Å²) in [6.45, 7) is 7.41. The maximum absolute atomic E-state index is 12.2. The molecule has 1 aliphatic heterocycles. The van der Waals surface area contributed by atoms with Crippen LogP contribution in [0.15, 0.2) is 0 Å². The molecule has 1 heterocycles. The molecule has 1 saturated heterocycles. The lowest BCUT2D eigenvalue weighted by atomic mass is 10.1. The van der Waals surface area contributed by atoms with Gasteiger partial charge in [0.05, 0.1) is 12.2 Å². The van der Waals surface area contributed by atoms with Crippen molar-refractivity contribution < 1.29 is 4.79 Å². The SMILES string of the molecule is CCC1NC(C(C)C)N(CCCC2CC2)C1=O. The average molecular weight is 238 g/mol. The van der Waals surface area contributed by atoms with Crippen LogP contribution in [0.2, 0.25) is 0 Å². The van der Waals surface area contributed by atoms with E-state index < -0.39 is 0 Å². The molecule has 1 N–H and O–H groups in total. The summed E-state index contributed by atoms with van der Waals surface area (Å²) in [6, 6.07) is 0.0586. The minimum absolute atomic E-state index is 0.0586. The number of amides is 1. The average Bonchev–Trinajstić information content (AvgIpc) is 3.05. The van der Waals surface area contributed by atoms with E-state index in [1.807, 2.05) is 0 Å². The Bertz CT molecular complexity index is 273. The molecule has 1 saturated carbocycles. The van der Waals surface area contributed by atoms with Crippen molar-refractivity contribution >= 4 is 5.91 Å². The quantitative estimate of drug-likeness (QED) is 0.770. The number of hydrogen-bond donors (Lipinski definition) is 1. The van der Waals surface area contributed by atoms with Crippen LogP contribution in [0.25, 0.3) is 0 Å². The third-order valence-electron chi connectivity index (χ3n) is 4.04. The number of hydrogen-bond acceptors (Lipinski definition) is 2. The van der Waals surface area contributed by atoms with Gasteiger partial charge in [0, 0.05) is 6.54 Å². The van der Waals surface area contributed by atoms with Crippen molar-refractivity contribution in [2.45, 2.75) is 65.1 Å². The highest BCUT2D eigenvalue weighted by atomic mass is 16.2. The third-order valence-corrected chi connectivity index (χ3v) is 4.04. The first-order valence-corrected chi connectivity index (χ1v) is 7.20. The smallest absolute Gasteiger partial charge is 0.241 e. The molecule has 0 bridgehead atoms. The summed E-state index contributed by atoms with van der Waals surface area (Å²) >= 11 is 0. The Morgan fingerprint density at radius 1 is 1.41 bits per heavy atom. The second kappa shape index (κ2) is 5.38. The summed E-state index contributed by atoms with van der Waals surface area (Å²) in [5.41, 5.74) is 0. The first-order chi connectivity index (χ1) is 8.13. The van der Waals surface area contributed by atoms with Crippen LogP contribution >= 0.6 is 0 Å². The minimum atomic E-state index is 0.0586. The van der Waals surface area contributed by atoms with Gasteiger partial charge in [-0.2, -0.15) is 0 Å². The van der Waals surface area contributed by atoms with Crippen LogP contribution in [0.1, 0.15) is 52.9 Å². The molecule has 98 valence electrons. The lowest BCUT2D eigenvalue weighted by Gasteiger charge is -2.27. The van der Waals surface area contributed by atoms with Crippen LogP contribution < -0.4 is 5.32 Å². The fraction of sp³-hybridized carbons (Fsp3) is 0.929. The van der Waals surface area contributed by atoms with E-state index >= 15 is 0 Å². The molecule has 0 spiro atoms. The van der Waals surface area contributed by atoms with Gasteiger partial charge in [-0.05, 0) is 31.1 Å². The Labute approximate surface area is 105 Å². The molecule has 2 unspecified atom stereocenters. The lowest BCUT2D eigenvalue weighted by molar-refractivity contribution is -0.130. The highest BCUT2D eigenvalue weighted by Gasteiger charge is 2.38. The maximum atomic E-state index is 12.2. The molecule has 2 fully saturated rings. The lowest BCUT2D eigenvalue weighted by Crippen LogP contribution is -2.41. The van der Waals surface area contributed by atoms with E-state index in [-0.39, 0.29) is 12.2 Å². The van der Waals surface area contributed by atoms with Crippen LogP contribution in [0.3, 0.4) is 0 Å². The zero-order valence-electron chi connectivity index (χ0n) is 11.4. The van der Waals surface area contributed by atoms with Gasteiger partial charge in [0.25, 0.3) is 0 Å². The molecular weight excluding hydrogens is 212 g/mol. The van der Waals surface area contributed by atoms with E-state index in [1.165, 1.54) is 25.7 Å². The Hall–Kier alpha value is -0.570. The number of rotatable bonds is 6. The Kier molecular flexibility index (Phi) is 4.08. The van der Waals surface area contributed by atoms with Crippen LogP contribution in [-0.4, -0.2) is 29.6 Å². The zero-order valence-corrected chi connectivity index (χ0v) is 11.4. The second-order valence-corrected chi connectivity index (χ2v) is 5.93. The van der Waals surface area contributed by atoms with Gasteiger partial charge in [-0.25, -0.2) is 0 Å². The van der Waals surface area contributed by atoms with Crippen molar-refractivity contribution in [1.82, 2.24) is 10.2 Å². The van der Waals surface area contributed by atoms with Gasteiger partial charge in [0.15, 0.2) is 0 Å². The van der Waals surface area contributed by atoms with Crippen molar-refractivity contribution in [3.05, 3.63) is 0 Å². The van der Waals surface area contributed by atoms with Crippen molar-refractivity contribution in [2.75, 3.05) is 6.54 Å². The van der Waals surface area contributed by atoms with Crippen molar-refractivity contribution in [1.29, 1.82) is 0 Å². The molecule has 2 aliphatic rings. The predicted octanol–water partition coefficient (Wildman–Crippen LogP) is 2.37. The maximum Gasteiger partial charge on any atom is 0.241 e. The van der Waals surface area contributed by atoms with E-state index in [2.05, 4.69) is 31.0 Å². The van der Waals surface area contributed by atoms with Gasteiger partial charge in [0.1, 0.15) is 0 Å². The molecule has 3 heteroatoms. The van der Waals surface area contributed by atoms with Gasteiger partial charge in [0.2, 0.25) is 5.91 Å². The van der Waals surface area contributed by atoms with Crippen LogP contribution in [0, 0.1) is 11.8 Å². The molecule has 2 atom stereocenters. The van der Waals surface area contributed by atoms with Gasteiger partial charge in [-0.3, -0.25) is 10.1 Å². The first-order valence-electron chi connectivity index (χ1n) is 7.20. The first kappa shape index (κ1) is 12.9. The van der Waals surface area contributed by atoms with Gasteiger partial charge in [-0.15, -0.1) is 0 Å². The number of nitrogens with zero attached hydrogens (tertiary/aromatic N) is 1. The summed E-state index contributed by atoms with van der Waals surface area (Å²) in [7, 11) is 0. The fourth-order valence-corrected chi connectivity index (χ4v) is 2.76. The third kappa shape index (κ3) is 3.01. The Morgan fingerprint density at radius 2 is 2.12 bits per heavy atom. The van der Waals surface area contributed by atoms with Gasteiger partial charge >= 0.3 is 0 Å². The summed E-state index contributed by atoms with van der Waals surface area (Å²) in [5.74, 6) is 1.79. The molecule has 0 aromatic carbocycles. The van der Waals surface area contributed by atoms with Crippen molar-refractivity contribution in [2.24, 2.45) is 11.8 Å². The largest absolute Gasteiger partial charge is 0.326 e. The fourth-order valence-electron chi connectivity index (χ4n) is 2.76. The summed E-state index contributed by atoms with van der Waals surface area (Å²) in [6.07, 6.45) is 6.48. The predicted molar refractivity (Wildman–Crippen MR) is 69.5 cm³/mol. The molecule has 1 amide bonds. The number of carbonyl (C=O) groups is 1. The van der Waals surface area contributed by atoms with E-state index in [4.69, 9.17) is 0 Å². The summed E-state index contributed by atoms with van der Waals surface area (Å²) in [4.78, 5) is 14.3. The van der Waals surface area contributed by atoms with E-state index in [0.29, 0.717) is 11.8 Å². The molecule has 0 aromatic heterocycles. The normalized spacial score (nSPS) is 29.4. The molecule has 1 aliphatic carbocycles. The molecular formula is C14H26N2O. The number of nitrogens with one attached hydrogen (secondary N) is 1. The Balaban J connectivity index is 1.87. The molecule has 2 rings (SSSR count). The molecule has 17 heavy (non-hydrogen) atoms. The topological polar surface area (TPSA) is 32.3 Å². The second-order valence-electron chi connectivity index (χ2n) is 5.93. The standard InChI is InChI=1S/C14H26N2O/c1-4-12-14(17)16(13(15-12)10(2)3)9-5-6-11-7-8-11/h10-13,15H,4-9H2,1-3H3. The van der Waals surface area contributed by atoms with Gasteiger partial charge < -0.3 is 4.90 Å². The summed E-state index contributed by atoms with van der Waals surface area (Å²) in [5, 5.41) is 3.47.